The van der Waals surface area contributed by atoms with Crippen molar-refractivity contribution in [1.29, 1.82) is 0 Å². The van der Waals surface area contributed by atoms with Gasteiger partial charge in [-0.3, -0.25) is 9.69 Å². The summed E-state index contributed by atoms with van der Waals surface area (Å²) in [7, 11) is 2.09. The highest BCUT2D eigenvalue weighted by atomic mass is 16.4. The molecule has 2 unspecified atom stereocenters. The topological polar surface area (TPSA) is 43.8 Å². The van der Waals surface area contributed by atoms with Gasteiger partial charge in [0, 0.05) is 12.6 Å². The standard InChI is InChI=1S/C12H24N2O2.C2H6/c1-4-10(9-13(3)5-2)14-8-6-7-11(14)12(15)16;1-2/h10-11H,4-9H2,1-3H3,(H,15,16);1-2H3. The summed E-state index contributed by atoms with van der Waals surface area (Å²) in [6.07, 6.45) is 2.85. The first-order valence-corrected chi connectivity index (χ1v) is 7.27. The molecule has 1 aliphatic heterocycles. The van der Waals surface area contributed by atoms with Crippen LogP contribution in [-0.4, -0.2) is 59.6 Å². The van der Waals surface area contributed by atoms with Crippen molar-refractivity contribution in [3.63, 3.8) is 0 Å². The highest BCUT2D eigenvalue weighted by molar-refractivity contribution is 5.73. The molecule has 0 radical (unpaired) electrons. The smallest absolute Gasteiger partial charge is 0.320 e. The summed E-state index contributed by atoms with van der Waals surface area (Å²) in [5, 5.41) is 9.16. The Labute approximate surface area is 112 Å². The zero-order valence-electron chi connectivity index (χ0n) is 12.6. The number of aliphatic carboxylic acids is 1. The van der Waals surface area contributed by atoms with Crippen molar-refractivity contribution < 1.29 is 9.90 Å². The van der Waals surface area contributed by atoms with Crippen LogP contribution < -0.4 is 0 Å². The van der Waals surface area contributed by atoms with Gasteiger partial charge < -0.3 is 10.0 Å². The summed E-state index contributed by atoms with van der Waals surface area (Å²) in [6.45, 7) is 11.2. The molecule has 2 atom stereocenters. The van der Waals surface area contributed by atoms with Gasteiger partial charge in [-0.25, -0.2) is 0 Å². The number of carbonyl (C=O) groups is 1. The molecule has 0 bridgehead atoms. The largest absolute Gasteiger partial charge is 0.480 e. The third-order valence-corrected chi connectivity index (χ3v) is 3.58. The first-order chi connectivity index (χ1) is 8.60. The summed E-state index contributed by atoms with van der Waals surface area (Å²) in [5.41, 5.74) is 0. The molecule has 1 heterocycles. The van der Waals surface area contributed by atoms with Gasteiger partial charge in [0.2, 0.25) is 0 Å². The minimum atomic E-state index is -0.657. The molecule has 108 valence electrons. The van der Waals surface area contributed by atoms with E-state index in [9.17, 15) is 4.79 Å². The van der Waals surface area contributed by atoms with Crippen LogP contribution in [0.2, 0.25) is 0 Å². The molecule has 4 heteroatoms. The van der Waals surface area contributed by atoms with Crippen molar-refractivity contribution in [3.05, 3.63) is 0 Å². The van der Waals surface area contributed by atoms with Gasteiger partial charge in [0.05, 0.1) is 0 Å². The number of nitrogens with zero attached hydrogens (tertiary/aromatic N) is 2. The van der Waals surface area contributed by atoms with Crippen LogP contribution in [0.25, 0.3) is 0 Å². The summed E-state index contributed by atoms with van der Waals surface area (Å²) >= 11 is 0. The van der Waals surface area contributed by atoms with Gasteiger partial charge in [0.1, 0.15) is 6.04 Å². The summed E-state index contributed by atoms with van der Waals surface area (Å²) in [6, 6.07) is 0.128. The van der Waals surface area contributed by atoms with Gasteiger partial charge in [-0.2, -0.15) is 0 Å². The van der Waals surface area contributed by atoms with E-state index in [0.29, 0.717) is 6.04 Å². The van der Waals surface area contributed by atoms with Crippen LogP contribution in [0.5, 0.6) is 0 Å². The molecular weight excluding hydrogens is 228 g/mol. The van der Waals surface area contributed by atoms with Crippen LogP contribution in [-0.2, 0) is 4.79 Å². The van der Waals surface area contributed by atoms with E-state index in [0.717, 1.165) is 38.9 Å². The van der Waals surface area contributed by atoms with Crippen LogP contribution in [0.4, 0.5) is 0 Å². The highest BCUT2D eigenvalue weighted by Gasteiger charge is 2.34. The fourth-order valence-corrected chi connectivity index (χ4v) is 2.45. The normalized spacial score (nSPS) is 21.6. The zero-order chi connectivity index (χ0) is 14.1. The van der Waals surface area contributed by atoms with Crippen molar-refractivity contribution in [3.8, 4) is 0 Å². The lowest BCUT2D eigenvalue weighted by atomic mass is 10.1. The molecule has 0 saturated carbocycles. The molecule has 0 aromatic carbocycles. The fourth-order valence-electron chi connectivity index (χ4n) is 2.45. The molecule has 1 rings (SSSR count). The predicted molar refractivity (Wildman–Crippen MR) is 76.0 cm³/mol. The molecule has 1 aliphatic rings. The maximum atomic E-state index is 11.1. The van der Waals surface area contributed by atoms with E-state index in [1.165, 1.54) is 0 Å². The van der Waals surface area contributed by atoms with Crippen LogP contribution in [0.15, 0.2) is 0 Å². The Morgan fingerprint density at radius 1 is 1.44 bits per heavy atom. The van der Waals surface area contributed by atoms with Crippen molar-refractivity contribution >= 4 is 5.97 Å². The maximum absolute atomic E-state index is 11.1. The average molecular weight is 258 g/mol. The lowest BCUT2D eigenvalue weighted by Gasteiger charge is -2.33. The second-order valence-electron chi connectivity index (χ2n) is 4.65. The Balaban J connectivity index is 0.00000137. The van der Waals surface area contributed by atoms with Gasteiger partial charge in [-0.15, -0.1) is 0 Å². The van der Waals surface area contributed by atoms with Gasteiger partial charge in [-0.1, -0.05) is 27.7 Å². The Morgan fingerprint density at radius 2 is 2.06 bits per heavy atom. The number of rotatable bonds is 6. The number of likely N-dealkylation sites (N-methyl/N-ethyl adjacent to an activating group) is 1. The van der Waals surface area contributed by atoms with E-state index in [-0.39, 0.29) is 6.04 Å². The molecule has 0 aliphatic carbocycles. The second-order valence-corrected chi connectivity index (χ2v) is 4.65. The maximum Gasteiger partial charge on any atom is 0.320 e. The molecule has 18 heavy (non-hydrogen) atoms. The van der Waals surface area contributed by atoms with Gasteiger partial charge in [0.15, 0.2) is 0 Å². The number of carboxylic acid groups (broad SMARTS) is 1. The van der Waals surface area contributed by atoms with Crippen LogP contribution in [0.3, 0.4) is 0 Å². The lowest BCUT2D eigenvalue weighted by Crippen LogP contribution is -2.47. The SMILES string of the molecule is CC.CCC(CN(C)CC)N1CCCC1C(=O)O. The van der Waals surface area contributed by atoms with E-state index in [1.807, 2.05) is 13.8 Å². The average Bonchev–Trinajstić information content (AvgIpc) is 2.87. The summed E-state index contributed by atoms with van der Waals surface area (Å²) in [5.74, 6) is -0.657. The first-order valence-electron chi connectivity index (χ1n) is 7.27. The first kappa shape index (κ1) is 17.4. The number of likely N-dealkylation sites (tertiary alicyclic amines) is 1. The fraction of sp³-hybridized carbons (Fsp3) is 0.929. The molecule has 1 fully saturated rings. The molecule has 0 spiro atoms. The Kier molecular flexibility index (Phi) is 9.02. The highest BCUT2D eigenvalue weighted by Crippen LogP contribution is 2.22. The van der Waals surface area contributed by atoms with Crippen molar-refractivity contribution in [2.45, 2.75) is 59.0 Å². The lowest BCUT2D eigenvalue weighted by molar-refractivity contribution is -0.143. The number of carboxylic acids is 1. The van der Waals surface area contributed by atoms with Crippen LogP contribution in [0.1, 0.15) is 47.0 Å². The van der Waals surface area contributed by atoms with Crippen molar-refractivity contribution in [2.75, 3.05) is 26.7 Å². The van der Waals surface area contributed by atoms with Crippen molar-refractivity contribution in [1.82, 2.24) is 9.80 Å². The molecule has 1 N–H and O–H groups in total. The predicted octanol–water partition coefficient (Wildman–Crippen LogP) is 2.29. The van der Waals surface area contributed by atoms with E-state index in [4.69, 9.17) is 5.11 Å². The monoisotopic (exact) mass is 258 g/mol. The van der Waals surface area contributed by atoms with Crippen LogP contribution in [0, 0.1) is 0 Å². The van der Waals surface area contributed by atoms with E-state index in [2.05, 4.69) is 30.7 Å². The van der Waals surface area contributed by atoms with Gasteiger partial charge in [-0.05, 0) is 39.4 Å². The Hall–Kier alpha value is -0.610. The third-order valence-electron chi connectivity index (χ3n) is 3.58. The summed E-state index contributed by atoms with van der Waals surface area (Å²) < 4.78 is 0. The summed E-state index contributed by atoms with van der Waals surface area (Å²) in [4.78, 5) is 15.6. The molecule has 0 aromatic heterocycles. The van der Waals surface area contributed by atoms with E-state index in [1.54, 1.807) is 0 Å². The molecule has 4 nitrogen and oxygen atoms in total. The Morgan fingerprint density at radius 3 is 2.50 bits per heavy atom. The zero-order valence-corrected chi connectivity index (χ0v) is 12.6. The van der Waals surface area contributed by atoms with Crippen LogP contribution >= 0.6 is 0 Å². The Bertz CT molecular complexity index is 234. The molecule has 1 saturated heterocycles. The minimum Gasteiger partial charge on any atom is -0.480 e. The van der Waals surface area contributed by atoms with Gasteiger partial charge in [0.25, 0.3) is 0 Å². The van der Waals surface area contributed by atoms with Crippen molar-refractivity contribution in [2.24, 2.45) is 0 Å². The third kappa shape index (κ3) is 4.94. The van der Waals surface area contributed by atoms with E-state index < -0.39 is 5.97 Å². The van der Waals surface area contributed by atoms with E-state index >= 15 is 0 Å². The minimum absolute atomic E-state index is 0.254. The quantitative estimate of drug-likeness (QED) is 0.794. The molecule has 0 aromatic rings. The second kappa shape index (κ2) is 9.34. The molecular formula is C14H30N2O2. The number of hydrogen-bond donors (Lipinski definition) is 1. The van der Waals surface area contributed by atoms with Gasteiger partial charge >= 0.3 is 5.97 Å². The molecule has 0 amide bonds. The number of hydrogen-bond acceptors (Lipinski definition) is 3.